The molecule has 35 heavy (non-hydrogen) atoms. The number of methoxy groups -OCH3 is 2. The minimum Gasteiger partial charge on any atom is -0.494 e. The highest BCUT2D eigenvalue weighted by Crippen LogP contribution is 2.32. The molecule has 2 aromatic carbocycles. The van der Waals surface area contributed by atoms with Crippen molar-refractivity contribution in [3.8, 4) is 23.0 Å². The molecule has 0 fully saturated rings. The van der Waals surface area contributed by atoms with Gasteiger partial charge in [-0.15, -0.1) is 0 Å². The predicted octanol–water partition coefficient (Wildman–Crippen LogP) is 4.48. The van der Waals surface area contributed by atoms with Crippen LogP contribution in [0.15, 0.2) is 36.7 Å². The summed E-state index contributed by atoms with van der Waals surface area (Å²) in [5, 5.41) is 11.4. The summed E-state index contributed by atoms with van der Waals surface area (Å²) in [6.45, 7) is -0.405. The Bertz CT molecular complexity index is 1150. The second-order valence-electron chi connectivity index (χ2n) is 7.03. The van der Waals surface area contributed by atoms with E-state index in [1.165, 1.54) is 44.8 Å². The lowest BCUT2D eigenvalue weighted by molar-refractivity contribution is -0.137. The van der Waals surface area contributed by atoms with Gasteiger partial charge in [0.2, 0.25) is 5.95 Å². The molecule has 3 aromatic rings. The number of anilines is 2. The summed E-state index contributed by atoms with van der Waals surface area (Å²) in [4.78, 5) is 18.6. The quantitative estimate of drug-likeness (QED) is 0.353. The Hall–Kier alpha value is -4.22. The molecular formula is C23H22F3N3O6. The first kappa shape index (κ1) is 25.4. The summed E-state index contributed by atoms with van der Waals surface area (Å²) in [7, 11) is 2.49. The number of halogens is 3. The average Bonchev–Trinajstić information content (AvgIpc) is 2.84. The number of carboxylic acid groups (broad SMARTS) is 1. The lowest BCUT2D eigenvalue weighted by Crippen LogP contribution is -2.06. The van der Waals surface area contributed by atoms with Crippen LogP contribution in [0.25, 0.3) is 0 Å². The summed E-state index contributed by atoms with van der Waals surface area (Å²) in [5.41, 5.74) is -0.0502. The van der Waals surface area contributed by atoms with E-state index in [-0.39, 0.29) is 54.0 Å². The molecule has 0 unspecified atom stereocenters. The van der Waals surface area contributed by atoms with Gasteiger partial charge in [-0.05, 0) is 18.6 Å². The monoisotopic (exact) mass is 493 g/mol. The SMILES string of the molecule is COc1cc(OC)c(F)c(COc2cnc(Nc3ccc(OCCCC(=O)O)c(F)c3)nc2)c1F. The van der Waals surface area contributed by atoms with Crippen molar-refractivity contribution in [2.75, 3.05) is 26.1 Å². The third kappa shape index (κ3) is 6.65. The highest BCUT2D eigenvalue weighted by Gasteiger charge is 2.20. The second kappa shape index (κ2) is 11.8. The number of aliphatic carboxylic acids is 1. The van der Waals surface area contributed by atoms with Crippen LogP contribution in [-0.4, -0.2) is 41.9 Å². The molecule has 12 heteroatoms. The maximum atomic E-state index is 14.4. The number of carboxylic acids is 1. The molecule has 0 amide bonds. The molecule has 0 saturated heterocycles. The van der Waals surface area contributed by atoms with E-state index in [1.807, 2.05) is 0 Å². The molecule has 0 atom stereocenters. The molecule has 0 aliphatic rings. The van der Waals surface area contributed by atoms with Crippen LogP contribution in [0.4, 0.5) is 24.8 Å². The van der Waals surface area contributed by atoms with Crippen LogP contribution in [0.1, 0.15) is 18.4 Å². The largest absolute Gasteiger partial charge is 0.494 e. The zero-order chi connectivity index (χ0) is 25.4. The number of ether oxygens (including phenoxy) is 4. The molecule has 186 valence electrons. The third-order valence-corrected chi connectivity index (χ3v) is 4.66. The first-order chi connectivity index (χ1) is 16.8. The first-order valence-electron chi connectivity index (χ1n) is 10.3. The molecule has 0 bridgehead atoms. The molecular weight excluding hydrogens is 471 g/mol. The lowest BCUT2D eigenvalue weighted by Gasteiger charge is -2.13. The Morgan fingerprint density at radius 3 is 2.20 bits per heavy atom. The lowest BCUT2D eigenvalue weighted by atomic mass is 10.1. The summed E-state index contributed by atoms with van der Waals surface area (Å²) in [5.74, 6) is -3.59. The Labute approximate surface area is 198 Å². The number of hydrogen-bond acceptors (Lipinski definition) is 8. The van der Waals surface area contributed by atoms with Crippen molar-refractivity contribution in [1.82, 2.24) is 9.97 Å². The van der Waals surface area contributed by atoms with Crippen molar-refractivity contribution in [2.45, 2.75) is 19.4 Å². The summed E-state index contributed by atoms with van der Waals surface area (Å²) < 4.78 is 63.5. The topological polar surface area (TPSA) is 112 Å². The first-order valence-corrected chi connectivity index (χ1v) is 10.3. The van der Waals surface area contributed by atoms with Gasteiger partial charge < -0.3 is 29.4 Å². The smallest absolute Gasteiger partial charge is 0.303 e. The van der Waals surface area contributed by atoms with Crippen LogP contribution in [0.2, 0.25) is 0 Å². The van der Waals surface area contributed by atoms with Gasteiger partial charge in [0.25, 0.3) is 0 Å². The van der Waals surface area contributed by atoms with Crippen molar-refractivity contribution in [2.24, 2.45) is 0 Å². The predicted molar refractivity (Wildman–Crippen MR) is 118 cm³/mol. The van der Waals surface area contributed by atoms with E-state index < -0.39 is 30.0 Å². The number of nitrogens with zero attached hydrogens (tertiary/aromatic N) is 2. The van der Waals surface area contributed by atoms with E-state index in [9.17, 15) is 18.0 Å². The number of benzene rings is 2. The van der Waals surface area contributed by atoms with Crippen molar-refractivity contribution in [1.29, 1.82) is 0 Å². The van der Waals surface area contributed by atoms with E-state index >= 15 is 0 Å². The fourth-order valence-corrected chi connectivity index (χ4v) is 2.90. The molecule has 0 radical (unpaired) electrons. The maximum absolute atomic E-state index is 14.4. The molecule has 0 aliphatic heterocycles. The van der Waals surface area contributed by atoms with Gasteiger partial charge >= 0.3 is 5.97 Å². The maximum Gasteiger partial charge on any atom is 0.303 e. The third-order valence-electron chi connectivity index (χ3n) is 4.66. The fraction of sp³-hybridized carbons (Fsp3) is 0.261. The van der Waals surface area contributed by atoms with E-state index in [0.717, 1.165) is 6.07 Å². The molecule has 1 heterocycles. The van der Waals surface area contributed by atoms with Gasteiger partial charge in [0, 0.05) is 24.2 Å². The standard InChI is InChI=1S/C23H22F3N3O6/c1-32-18-9-19(33-2)22(26)15(21(18)25)12-35-14-10-27-23(28-11-14)29-13-5-6-17(16(24)8-13)34-7-3-4-20(30)31/h5-6,8-11H,3-4,7,12H2,1-2H3,(H,30,31)(H,27,28,29). The van der Waals surface area contributed by atoms with Crippen molar-refractivity contribution < 1.29 is 42.0 Å². The van der Waals surface area contributed by atoms with E-state index in [1.54, 1.807) is 0 Å². The Kier molecular flexibility index (Phi) is 8.54. The van der Waals surface area contributed by atoms with E-state index in [2.05, 4.69) is 15.3 Å². The van der Waals surface area contributed by atoms with E-state index in [4.69, 9.17) is 24.1 Å². The van der Waals surface area contributed by atoms with Crippen LogP contribution in [-0.2, 0) is 11.4 Å². The zero-order valence-corrected chi connectivity index (χ0v) is 18.8. The van der Waals surface area contributed by atoms with Gasteiger partial charge in [-0.25, -0.2) is 23.1 Å². The van der Waals surface area contributed by atoms with Gasteiger partial charge in [-0.2, -0.15) is 0 Å². The highest BCUT2D eigenvalue weighted by molar-refractivity contribution is 5.66. The van der Waals surface area contributed by atoms with Crippen LogP contribution in [0.3, 0.4) is 0 Å². The summed E-state index contributed by atoms with van der Waals surface area (Å²) >= 11 is 0. The molecule has 0 aliphatic carbocycles. The van der Waals surface area contributed by atoms with Gasteiger partial charge in [-0.3, -0.25) is 4.79 Å². The molecule has 2 N–H and O–H groups in total. The molecule has 0 saturated carbocycles. The van der Waals surface area contributed by atoms with E-state index in [0.29, 0.717) is 5.69 Å². The van der Waals surface area contributed by atoms with Gasteiger partial charge in [0.15, 0.2) is 40.4 Å². The number of aromatic nitrogens is 2. The van der Waals surface area contributed by atoms with Crippen LogP contribution in [0, 0.1) is 17.5 Å². The Morgan fingerprint density at radius 2 is 1.63 bits per heavy atom. The summed E-state index contributed by atoms with van der Waals surface area (Å²) in [6, 6.07) is 5.19. The minimum absolute atomic E-state index is 0.0146. The zero-order valence-electron chi connectivity index (χ0n) is 18.8. The van der Waals surface area contributed by atoms with Crippen LogP contribution < -0.4 is 24.3 Å². The molecule has 0 spiro atoms. The normalized spacial score (nSPS) is 10.5. The molecule has 9 nitrogen and oxygen atoms in total. The van der Waals surface area contributed by atoms with Gasteiger partial charge in [-0.1, -0.05) is 0 Å². The molecule has 3 rings (SSSR count). The highest BCUT2D eigenvalue weighted by atomic mass is 19.1. The van der Waals surface area contributed by atoms with Crippen LogP contribution >= 0.6 is 0 Å². The second-order valence-corrected chi connectivity index (χ2v) is 7.03. The van der Waals surface area contributed by atoms with Crippen molar-refractivity contribution >= 4 is 17.6 Å². The minimum atomic E-state index is -0.954. The number of nitrogens with one attached hydrogen (secondary N) is 1. The number of hydrogen-bond donors (Lipinski definition) is 2. The van der Waals surface area contributed by atoms with Crippen molar-refractivity contribution in [3.63, 3.8) is 0 Å². The summed E-state index contributed by atoms with van der Waals surface area (Å²) in [6.07, 6.45) is 2.73. The fourth-order valence-electron chi connectivity index (χ4n) is 2.90. The average molecular weight is 493 g/mol. The van der Waals surface area contributed by atoms with Crippen molar-refractivity contribution in [3.05, 3.63) is 59.7 Å². The van der Waals surface area contributed by atoms with Gasteiger partial charge in [0.05, 0.1) is 38.8 Å². The number of carbonyl (C=O) groups is 1. The Morgan fingerprint density at radius 1 is 0.971 bits per heavy atom. The Balaban J connectivity index is 1.60. The molecule has 1 aromatic heterocycles. The van der Waals surface area contributed by atoms with Crippen LogP contribution in [0.5, 0.6) is 23.0 Å². The number of rotatable bonds is 12. The van der Waals surface area contributed by atoms with Gasteiger partial charge in [0.1, 0.15) is 6.61 Å².